The van der Waals surface area contributed by atoms with Crippen LogP contribution >= 0.6 is 0 Å². The zero-order valence-corrected chi connectivity index (χ0v) is 11.6. The van der Waals surface area contributed by atoms with Crippen LogP contribution in [0.3, 0.4) is 0 Å². The molecule has 1 aromatic heterocycles. The molecule has 0 saturated heterocycles. The fourth-order valence-corrected chi connectivity index (χ4v) is 2.48. The van der Waals surface area contributed by atoms with Crippen LogP contribution in [0.25, 0.3) is 0 Å². The highest BCUT2D eigenvalue weighted by Gasteiger charge is 2.19. The lowest BCUT2D eigenvalue weighted by molar-refractivity contribution is -0.137. The molecule has 104 valence electrons. The number of aromatic nitrogens is 2. The van der Waals surface area contributed by atoms with Crippen molar-refractivity contribution in [2.75, 3.05) is 11.9 Å². The number of rotatable bonds is 5. The first kappa shape index (κ1) is 13.8. The molecule has 0 amide bonds. The van der Waals surface area contributed by atoms with Gasteiger partial charge in [-0.2, -0.15) is 0 Å². The fourth-order valence-electron chi connectivity index (χ4n) is 2.48. The highest BCUT2D eigenvalue weighted by atomic mass is 16.4. The van der Waals surface area contributed by atoms with Crippen molar-refractivity contribution >= 4 is 11.9 Å². The predicted octanol–water partition coefficient (Wildman–Crippen LogP) is 2.19. The topological polar surface area (TPSA) is 75.1 Å². The lowest BCUT2D eigenvalue weighted by atomic mass is 9.87. The molecule has 0 aliphatic heterocycles. The van der Waals surface area contributed by atoms with Gasteiger partial charge in [0, 0.05) is 24.4 Å². The molecule has 0 aromatic carbocycles. The molecule has 1 aromatic rings. The number of fused-ring (bicyclic) bond motifs is 1. The Balaban J connectivity index is 1.99. The number of nitrogens with zero attached hydrogens (tertiary/aromatic N) is 2. The van der Waals surface area contributed by atoms with Gasteiger partial charge in [0.1, 0.15) is 0 Å². The maximum absolute atomic E-state index is 10.4. The van der Waals surface area contributed by atoms with Crippen molar-refractivity contribution in [2.24, 2.45) is 5.92 Å². The molecule has 1 unspecified atom stereocenters. The molecule has 2 N–H and O–H groups in total. The smallest absolute Gasteiger partial charge is 0.303 e. The third-order valence-electron chi connectivity index (χ3n) is 3.58. The molecule has 0 fully saturated rings. The number of nitrogens with one attached hydrogen (secondary N) is 1. The third-order valence-corrected chi connectivity index (χ3v) is 3.58. The first-order chi connectivity index (χ1) is 9.06. The summed E-state index contributed by atoms with van der Waals surface area (Å²) in [7, 11) is 0. The molecule has 0 radical (unpaired) electrons. The molecular weight excluding hydrogens is 242 g/mol. The summed E-state index contributed by atoms with van der Waals surface area (Å²) < 4.78 is 0. The average molecular weight is 263 g/mol. The highest BCUT2D eigenvalue weighted by molar-refractivity contribution is 5.66. The van der Waals surface area contributed by atoms with Gasteiger partial charge in [0.2, 0.25) is 5.95 Å². The van der Waals surface area contributed by atoms with Crippen LogP contribution in [-0.4, -0.2) is 27.6 Å². The van der Waals surface area contributed by atoms with Crippen LogP contribution in [0.4, 0.5) is 5.95 Å². The quantitative estimate of drug-likeness (QED) is 0.796. The largest absolute Gasteiger partial charge is 0.481 e. The molecule has 1 atom stereocenters. The monoisotopic (exact) mass is 263 g/mol. The lowest BCUT2D eigenvalue weighted by Crippen LogP contribution is -2.17. The van der Waals surface area contributed by atoms with E-state index in [1.54, 1.807) is 0 Å². The first-order valence-corrected chi connectivity index (χ1v) is 6.88. The Hall–Kier alpha value is -1.65. The van der Waals surface area contributed by atoms with Gasteiger partial charge < -0.3 is 10.4 Å². The van der Waals surface area contributed by atoms with Crippen molar-refractivity contribution in [3.8, 4) is 0 Å². The average Bonchev–Trinajstić information content (AvgIpc) is 2.35. The lowest BCUT2D eigenvalue weighted by Gasteiger charge is -2.22. The van der Waals surface area contributed by atoms with Crippen LogP contribution < -0.4 is 5.32 Å². The van der Waals surface area contributed by atoms with E-state index in [0.29, 0.717) is 24.8 Å². The van der Waals surface area contributed by atoms with Crippen molar-refractivity contribution in [1.82, 2.24) is 9.97 Å². The number of hydrogen-bond acceptors (Lipinski definition) is 4. The summed E-state index contributed by atoms with van der Waals surface area (Å²) in [6, 6.07) is 0. The standard InChI is InChI=1S/C14H21N3O2/c1-9-5-6-12-11(8-9)10(2)16-14(17-12)15-7-3-4-13(18)19/h9H,3-8H2,1-2H3,(H,18,19)(H,15,16,17). The van der Waals surface area contributed by atoms with Crippen LogP contribution in [0.2, 0.25) is 0 Å². The van der Waals surface area contributed by atoms with Crippen molar-refractivity contribution in [3.63, 3.8) is 0 Å². The Labute approximate surface area is 113 Å². The van der Waals surface area contributed by atoms with Gasteiger partial charge in [-0.25, -0.2) is 9.97 Å². The summed E-state index contributed by atoms with van der Waals surface area (Å²) in [5.41, 5.74) is 3.51. The van der Waals surface area contributed by atoms with Crippen LogP contribution in [0, 0.1) is 12.8 Å². The summed E-state index contributed by atoms with van der Waals surface area (Å²) in [5.74, 6) is 0.582. The first-order valence-electron chi connectivity index (χ1n) is 6.88. The molecule has 1 aliphatic carbocycles. The Morgan fingerprint density at radius 2 is 2.26 bits per heavy atom. The summed E-state index contributed by atoms with van der Waals surface area (Å²) in [5, 5.41) is 11.7. The van der Waals surface area contributed by atoms with E-state index in [-0.39, 0.29) is 6.42 Å². The second kappa shape index (κ2) is 5.99. The third kappa shape index (κ3) is 3.66. The highest BCUT2D eigenvalue weighted by Crippen LogP contribution is 2.26. The van der Waals surface area contributed by atoms with Gasteiger partial charge in [0.05, 0.1) is 0 Å². The van der Waals surface area contributed by atoms with Gasteiger partial charge >= 0.3 is 5.97 Å². The van der Waals surface area contributed by atoms with E-state index < -0.39 is 5.97 Å². The van der Waals surface area contributed by atoms with Crippen LogP contribution in [-0.2, 0) is 17.6 Å². The van der Waals surface area contributed by atoms with Gasteiger partial charge in [0.25, 0.3) is 0 Å². The predicted molar refractivity (Wildman–Crippen MR) is 73.3 cm³/mol. The molecule has 0 spiro atoms. The van der Waals surface area contributed by atoms with Crippen LogP contribution in [0.15, 0.2) is 0 Å². The number of aryl methyl sites for hydroxylation is 2. The molecule has 0 saturated carbocycles. The van der Waals surface area contributed by atoms with Crippen molar-refractivity contribution < 1.29 is 9.90 Å². The van der Waals surface area contributed by atoms with Crippen LogP contribution in [0.5, 0.6) is 0 Å². The van der Waals surface area contributed by atoms with Crippen molar-refractivity contribution in [1.29, 1.82) is 0 Å². The Morgan fingerprint density at radius 3 is 3.00 bits per heavy atom. The van der Waals surface area contributed by atoms with Crippen molar-refractivity contribution in [2.45, 2.75) is 46.0 Å². The number of carboxylic acid groups (broad SMARTS) is 1. The Bertz CT molecular complexity index is 474. The number of anilines is 1. The van der Waals surface area contributed by atoms with E-state index in [1.807, 2.05) is 6.92 Å². The number of carbonyl (C=O) groups is 1. The molecule has 1 heterocycles. The molecule has 5 nitrogen and oxygen atoms in total. The van der Waals surface area contributed by atoms with E-state index >= 15 is 0 Å². The van der Waals surface area contributed by atoms with Crippen LogP contribution in [0.1, 0.15) is 43.1 Å². The van der Waals surface area contributed by atoms with E-state index in [0.717, 1.165) is 24.2 Å². The summed E-state index contributed by atoms with van der Waals surface area (Å²) in [6.07, 6.45) is 4.03. The molecule has 0 bridgehead atoms. The second-order valence-corrected chi connectivity index (χ2v) is 5.33. The molecule has 2 rings (SSSR count). The minimum Gasteiger partial charge on any atom is -0.481 e. The summed E-state index contributed by atoms with van der Waals surface area (Å²) in [6.45, 7) is 4.89. The number of hydrogen-bond donors (Lipinski definition) is 2. The van der Waals surface area contributed by atoms with Gasteiger partial charge in [-0.15, -0.1) is 0 Å². The second-order valence-electron chi connectivity index (χ2n) is 5.33. The Kier molecular flexibility index (Phi) is 4.35. The summed E-state index contributed by atoms with van der Waals surface area (Å²) >= 11 is 0. The van der Waals surface area contributed by atoms with Crippen molar-refractivity contribution in [3.05, 3.63) is 17.0 Å². The molecule has 19 heavy (non-hydrogen) atoms. The van der Waals surface area contributed by atoms with E-state index in [4.69, 9.17) is 5.11 Å². The van der Waals surface area contributed by atoms with Gasteiger partial charge in [-0.3, -0.25) is 4.79 Å². The zero-order valence-electron chi connectivity index (χ0n) is 11.6. The number of carboxylic acids is 1. The maximum Gasteiger partial charge on any atom is 0.303 e. The number of aliphatic carboxylic acids is 1. The zero-order chi connectivity index (χ0) is 13.8. The Morgan fingerprint density at radius 1 is 1.47 bits per heavy atom. The molecule has 1 aliphatic rings. The van der Waals surface area contributed by atoms with E-state index in [1.165, 1.54) is 12.0 Å². The van der Waals surface area contributed by atoms with E-state index in [2.05, 4.69) is 22.2 Å². The summed E-state index contributed by atoms with van der Waals surface area (Å²) in [4.78, 5) is 19.5. The maximum atomic E-state index is 10.4. The molecule has 5 heteroatoms. The normalized spacial score (nSPS) is 17.9. The fraction of sp³-hybridized carbons (Fsp3) is 0.643. The van der Waals surface area contributed by atoms with Gasteiger partial charge in [-0.05, 0) is 44.1 Å². The molecular formula is C14H21N3O2. The SMILES string of the molecule is Cc1nc(NCCCC(=O)O)nc2c1CC(C)CC2. The minimum atomic E-state index is -0.765. The van der Waals surface area contributed by atoms with E-state index in [9.17, 15) is 4.79 Å². The van der Waals surface area contributed by atoms with Gasteiger partial charge in [-0.1, -0.05) is 6.92 Å². The minimum absolute atomic E-state index is 0.175. The van der Waals surface area contributed by atoms with Gasteiger partial charge in [0.15, 0.2) is 0 Å².